The normalized spacial score (nSPS) is 24.3. The molecule has 11 heteroatoms. The van der Waals surface area contributed by atoms with Crippen molar-refractivity contribution in [1.29, 1.82) is 0 Å². The molecule has 1 aromatic carbocycles. The summed E-state index contributed by atoms with van der Waals surface area (Å²) in [5.74, 6) is 1.67. The molecule has 4 rings (SSSR count). The maximum Gasteiger partial charge on any atom is 0.200 e. The average molecular weight is 460 g/mol. The SMILES string of the molecule is COc1cc(CNc2ncnc3c2CCC=CN3[C@@H]2O[C@H](CO)C(O)C2O)cc(OC)c1O. The molecule has 2 aliphatic heterocycles. The van der Waals surface area contributed by atoms with Crippen LogP contribution in [-0.2, 0) is 17.7 Å². The highest BCUT2D eigenvalue weighted by atomic mass is 16.6. The van der Waals surface area contributed by atoms with Gasteiger partial charge < -0.3 is 44.9 Å². The highest BCUT2D eigenvalue weighted by molar-refractivity contribution is 5.62. The zero-order chi connectivity index (χ0) is 23.5. The van der Waals surface area contributed by atoms with E-state index in [-0.39, 0.29) is 5.75 Å². The molecule has 1 saturated heterocycles. The van der Waals surface area contributed by atoms with Crippen LogP contribution in [0, 0.1) is 0 Å². The molecule has 5 N–H and O–H groups in total. The van der Waals surface area contributed by atoms with E-state index in [4.69, 9.17) is 14.2 Å². The van der Waals surface area contributed by atoms with Crippen molar-refractivity contribution in [3.8, 4) is 17.2 Å². The average Bonchev–Trinajstić information content (AvgIpc) is 2.99. The maximum absolute atomic E-state index is 10.5. The molecule has 33 heavy (non-hydrogen) atoms. The number of hydrogen-bond donors (Lipinski definition) is 5. The minimum absolute atomic E-state index is 0.0696. The third-order valence-electron chi connectivity index (χ3n) is 5.79. The van der Waals surface area contributed by atoms with Crippen molar-refractivity contribution < 1.29 is 34.6 Å². The van der Waals surface area contributed by atoms with Crippen LogP contribution >= 0.6 is 0 Å². The van der Waals surface area contributed by atoms with Crippen molar-refractivity contribution in [1.82, 2.24) is 9.97 Å². The number of fused-ring (bicyclic) bond motifs is 1. The number of methoxy groups -OCH3 is 2. The van der Waals surface area contributed by atoms with Crippen LogP contribution in [0.3, 0.4) is 0 Å². The van der Waals surface area contributed by atoms with Gasteiger partial charge in [0, 0.05) is 18.3 Å². The van der Waals surface area contributed by atoms with Gasteiger partial charge in [0.1, 0.15) is 36.3 Å². The number of aromatic nitrogens is 2. The molecular formula is C22H28N4O7. The van der Waals surface area contributed by atoms with Crippen LogP contribution < -0.4 is 19.7 Å². The van der Waals surface area contributed by atoms with Gasteiger partial charge in [0.15, 0.2) is 17.7 Å². The number of aliphatic hydroxyl groups excluding tert-OH is 3. The van der Waals surface area contributed by atoms with Crippen molar-refractivity contribution >= 4 is 11.6 Å². The number of aromatic hydroxyl groups is 1. The van der Waals surface area contributed by atoms with Crippen LogP contribution in [0.4, 0.5) is 11.6 Å². The number of rotatable bonds is 7. The highest BCUT2D eigenvalue weighted by Gasteiger charge is 2.45. The number of phenols is 1. The number of anilines is 2. The Kier molecular flexibility index (Phi) is 6.84. The van der Waals surface area contributed by atoms with Crippen LogP contribution in [0.25, 0.3) is 0 Å². The van der Waals surface area contributed by atoms with Gasteiger partial charge in [0.05, 0.1) is 20.8 Å². The third-order valence-corrected chi connectivity index (χ3v) is 5.79. The lowest BCUT2D eigenvalue weighted by molar-refractivity contribution is -0.0203. The Morgan fingerprint density at radius 3 is 2.52 bits per heavy atom. The molecule has 3 heterocycles. The Morgan fingerprint density at radius 1 is 1.15 bits per heavy atom. The van der Waals surface area contributed by atoms with E-state index >= 15 is 0 Å². The Bertz CT molecular complexity index is 993. The molecule has 2 aliphatic rings. The third kappa shape index (κ3) is 4.40. The van der Waals surface area contributed by atoms with Crippen molar-refractivity contribution in [3.63, 3.8) is 0 Å². The zero-order valence-electron chi connectivity index (χ0n) is 18.4. The van der Waals surface area contributed by atoms with Gasteiger partial charge >= 0.3 is 0 Å². The number of ether oxygens (including phenoxy) is 3. The minimum atomic E-state index is -1.22. The van der Waals surface area contributed by atoms with Crippen LogP contribution in [0.1, 0.15) is 17.5 Å². The van der Waals surface area contributed by atoms with E-state index in [0.29, 0.717) is 42.5 Å². The Balaban J connectivity index is 1.60. The van der Waals surface area contributed by atoms with Crippen LogP contribution in [0.15, 0.2) is 30.7 Å². The molecule has 2 aromatic rings. The summed E-state index contributed by atoms with van der Waals surface area (Å²) >= 11 is 0. The van der Waals surface area contributed by atoms with Crippen LogP contribution in [-0.4, -0.2) is 75.8 Å². The fourth-order valence-electron chi connectivity index (χ4n) is 4.05. The summed E-state index contributed by atoms with van der Waals surface area (Å²) in [5, 5.41) is 43.5. The predicted molar refractivity (Wildman–Crippen MR) is 118 cm³/mol. The van der Waals surface area contributed by atoms with E-state index in [0.717, 1.165) is 11.1 Å². The minimum Gasteiger partial charge on any atom is -0.502 e. The molecule has 4 atom stereocenters. The number of aliphatic hydroxyl groups is 3. The Hall–Kier alpha value is -3.12. The number of hydrogen-bond acceptors (Lipinski definition) is 11. The molecule has 0 amide bonds. The number of nitrogens with zero attached hydrogens (tertiary/aromatic N) is 3. The van der Waals surface area contributed by atoms with Gasteiger partial charge in [0.25, 0.3) is 0 Å². The van der Waals surface area contributed by atoms with Gasteiger partial charge in [-0.05, 0) is 30.5 Å². The second-order valence-corrected chi connectivity index (χ2v) is 7.79. The molecule has 0 bridgehead atoms. The molecule has 0 saturated carbocycles. The van der Waals surface area contributed by atoms with Crippen molar-refractivity contribution in [2.45, 2.75) is 43.9 Å². The molecule has 1 aromatic heterocycles. The molecule has 0 aliphatic carbocycles. The lowest BCUT2D eigenvalue weighted by Gasteiger charge is -2.29. The summed E-state index contributed by atoms with van der Waals surface area (Å²) in [6, 6.07) is 3.41. The van der Waals surface area contributed by atoms with E-state index < -0.39 is 31.1 Å². The predicted octanol–water partition coefficient (Wildman–Crippen LogP) is 0.517. The molecule has 1 fully saturated rings. The van der Waals surface area contributed by atoms with E-state index in [9.17, 15) is 20.4 Å². The van der Waals surface area contributed by atoms with E-state index in [1.807, 2.05) is 6.08 Å². The number of nitrogens with one attached hydrogen (secondary N) is 1. The fourth-order valence-corrected chi connectivity index (χ4v) is 4.05. The van der Waals surface area contributed by atoms with Crippen LogP contribution in [0.5, 0.6) is 17.2 Å². The van der Waals surface area contributed by atoms with E-state index in [2.05, 4.69) is 15.3 Å². The molecule has 0 radical (unpaired) electrons. The highest BCUT2D eigenvalue weighted by Crippen LogP contribution is 2.38. The van der Waals surface area contributed by atoms with Gasteiger partial charge in [-0.1, -0.05) is 6.08 Å². The largest absolute Gasteiger partial charge is 0.502 e. The van der Waals surface area contributed by atoms with E-state index in [1.54, 1.807) is 23.2 Å². The second-order valence-electron chi connectivity index (χ2n) is 7.79. The molecule has 2 unspecified atom stereocenters. The van der Waals surface area contributed by atoms with Crippen molar-refractivity contribution in [2.75, 3.05) is 31.0 Å². The quantitative estimate of drug-likeness (QED) is 0.393. The number of allylic oxidation sites excluding steroid dienone is 1. The van der Waals surface area contributed by atoms with Gasteiger partial charge in [-0.2, -0.15) is 0 Å². The number of phenolic OH excluding ortho intramolecular Hbond substituents is 1. The molecule has 178 valence electrons. The maximum atomic E-state index is 10.5. The van der Waals surface area contributed by atoms with Crippen molar-refractivity contribution in [3.05, 3.63) is 41.9 Å². The molecule has 0 spiro atoms. The first-order valence-corrected chi connectivity index (χ1v) is 10.6. The van der Waals surface area contributed by atoms with Gasteiger partial charge in [-0.25, -0.2) is 9.97 Å². The summed E-state index contributed by atoms with van der Waals surface area (Å²) in [4.78, 5) is 10.5. The summed E-state index contributed by atoms with van der Waals surface area (Å²) in [6.45, 7) is -0.0347. The Labute approximate surface area is 190 Å². The lowest BCUT2D eigenvalue weighted by Crippen LogP contribution is -2.42. The smallest absolute Gasteiger partial charge is 0.200 e. The van der Waals surface area contributed by atoms with Gasteiger partial charge in [0.2, 0.25) is 5.75 Å². The van der Waals surface area contributed by atoms with Gasteiger partial charge in [-0.3, -0.25) is 0 Å². The first kappa shape index (κ1) is 23.1. The zero-order valence-corrected chi connectivity index (χ0v) is 18.4. The second kappa shape index (κ2) is 9.79. The Morgan fingerprint density at radius 2 is 1.88 bits per heavy atom. The first-order valence-electron chi connectivity index (χ1n) is 10.6. The molecular weight excluding hydrogens is 432 g/mol. The summed E-state index contributed by atoms with van der Waals surface area (Å²) in [5.41, 5.74) is 1.62. The molecule has 11 nitrogen and oxygen atoms in total. The summed E-state index contributed by atoms with van der Waals surface area (Å²) < 4.78 is 16.2. The van der Waals surface area contributed by atoms with Crippen LogP contribution in [0.2, 0.25) is 0 Å². The standard InChI is InChI=1S/C22H28N4O7/c1-31-14-7-12(8-15(32-2)17(14)28)9-23-20-13-5-3-4-6-26(21(13)25-11-24-20)22-19(30)18(29)16(10-27)33-22/h4,6-8,11,16,18-19,22,27-30H,3,5,9-10H2,1-2H3,(H,23,24,25)/t16-,18?,19?,22-/m1/s1. The number of benzene rings is 1. The van der Waals surface area contributed by atoms with Gasteiger partial charge in [-0.15, -0.1) is 0 Å². The lowest BCUT2D eigenvalue weighted by atomic mass is 10.1. The monoisotopic (exact) mass is 460 g/mol. The summed E-state index contributed by atoms with van der Waals surface area (Å²) in [7, 11) is 2.94. The van der Waals surface area contributed by atoms with Crippen molar-refractivity contribution in [2.24, 2.45) is 0 Å². The fraction of sp³-hybridized carbons (Fsp3) is 0.455. The first-order chi connectivity index (χ1) is 16.0. The summed E-state index contributed by atoms with van der Waals surface area (Å²) in [6.07, 6.45) is 2.23. The topological polar surface area (TPSA) is 150 Å². The van der Waals surface area contributed by atoms with E-state index in [1.165, 1.54) is 20.5 Å².